The van der Waals surface area contributed by atoms with Crippen molar-refractivity contribution in [3.63, 3.8) is 0 Å². The van der Waals surface area contributed by atoms with E-state index in [2.05, 4.69) is 22.7 Å². The number of nitrogens with zero attached hydrogens (tertiary/aromatic N) is 2. The van der Waals surface area contributed by atoms with E-state index >= 15 is 0 Å². The Bertz CT molecular complexity index is 737. The maximum Gasteiger partial charge on any atom is 0.262 e. The number of carbonyl (C=O) groups excluding carboxylic acids is 2. The van der Waals surface area contributed by atoms with Crippen LogP contribution in [0.2, 0.25) is 0 Å². The number of hydrogen-bond donors (Lipinski definition) is 2. The van der Waals surface area contributed by atoms with Gasteiger partial charge in [0.1, 0.15) is 6.04 Å². The van der Waals surface area contributed by atoms with Gasteiger partial charge in [-0.3, -0.25) is 14.3 Å². The van der Waals surface area contributed by atoms with Gasteiger partial charge in [-0.05, 0) is 43.2 Å². The van der Waals surface area contributed by atoms with Gasteiger partial charge in [0.2, 0.25) is 5.91 Å². The molecular weight excluding hydrogens is 348 g/mol. The first-order valence-corrected chi connectivity index (χ1v) is 9.79. The molecule has 2 N–H and O–H groups in total. The largest absolute Gasteiger partial charge is 0.354 e. The summed E-state index contributed by atoms with van der Waals surface area (Å²) in [5.41, 5.74) is 2.11. The van der Waals surface area contributed by atoms with E-state index in [1.807, 2.05) is 49.9 Å². The van der Waals surface area contributed by atoms with Crippen LogP contribution in [0.4, 0.5) is 0 Å². The number of thiophene rings is 1. The maximum absolute atomic E-state index is 12.6. The summed E-state index contributed by atoms with van der Waals surface area (Å²) in [6.45, 7) is 11.2. The van der Waals surface area contributed by atoms with Crippen LogP contribution < -0.4 is 10.6 Å². The maximum atomic E-state index is 12.6. The molecule has 2 aromatic heterocycles. The van der Waals surface area contributed by atoms with Gasteiger partial charge in [-0.25, -0.2) is 0 Å². The Balaban J connectivity index is 1.88. The molecule has 7 heteroatoms. The highest BCUT2D eigenvalue weighted by Crippen LogP contribution is 2.11. The van der Waals surface area contributed by atoms with Crippen molar-refractivity contribution < 1.29 is 9.59 Å². The van der Waals surface area contributed by atoms with E-state index in [1.54, 1.807) is 6.07 Å². The summed E-state index contributed by atoms with van der Waals surface area (Å²) in [6.07, 6.45) is 0. The molecule has 2 heterocycles. The number of hydrogen-bond acceptors (Lipinski definition) is 4. The van der Waals surface area contributed by atoms with E-state index in [0.717, 1.165) is 17.9 Å². The molecule has 2 aromatic rings. The lowest BCUT2D eigenvalue weighted by atomic mass is 10.0. The van der Waals surface area contributed by atoms with E-state index in [0.29, 0.717) is 11.4 Å². The van der Waals surface area contributed by atoms with Crippen LogP contribution in [-0.4, -0.2) is 34.2 Å². The summed E-state index contributed by atoms with van der Waals surface area (Å²) in [4.78, 5) is 25.4. The number of aromatic nitrogens is 2. The Labute approximate surface area is 159 Å². The molecule has 6 nitrogen and oxygen atoms in total. The second-order valence-electron chi connectivity index (χ2n) is 7.13. The fourth-order valence-corrected chi connectivity index (χ4v) is 3.39. The van der Waals surface area contributed by atoms with Crippen molar-refractivity contribution in [2.24, 2.45) is 11.8 Å². The fraction of sp³-hybridized carbons (Fsp3) is 0.526. The molecule has 2 rings (SSSR count). The SMILES string of the molecule is Cc1cc(C)n(C[C@H](C)CNC(=O)[C@@H](NC(=O)c2cccs2)C(C)C)n1. The van der Waals surface area contributed by atoms with Crippen molar-refractivity contribution >= 4 is 23.2 Å². The molecule has 2 atom stereocenters. The summed E-state index contributed by atoms with van der Waals surface area (Å²) < 4.78 is 1.96. The third-order valence-corrected chi connectivity index (χ3v) is 5.06. The average Bonchev–Trinajstić information content (AvgIpc) is 3.20. The van der Waals surface area contributed by atoms with Crippen molar-refractivity contribution in [3.8, 4) is 0 Å². The molecule has 0 aliphatic rings. The standard InChI is InChI=1S/C19H28N4O2S/c1-12(2)17(21-18(24)16-7-6-8-26-16)19(25)20-10-13(3)11-23-15(5)9-14(4)22-23/h6-9,12-13,17H,10-11H2,1-5H3,(H,20,25)(H,21,24)/t13-,17+/m1/s1. The predicted octanol–water partition coefficient (Wildman–Crippen LogP) is 2.77. The molecule has 0 radical (unpaired) electrons. The highest BCUT2D eigenvalue weighted by atomic mass is 32.1. The third kappa shape index (κ3) is 5.42. The van der Waals surface area contributed by atoms with E-state index in [9.17, 15) is 9.59 Å². The van der Waals surface area contributed by atoms with Gasteiger partial charge in [-0.2, -0.15) is 5.10 Å². The zero-order valence-electron chi connectivity index (χ0n) is 16.1. The van der Waals surface area contributed by atoms with Crippen LogP contribution in [0.5, 0.6) is 0 Å². The summed E-state index contributed by atoms with van der Waals surface area (Å²) in [6, 6.07) is 5.07. The van der Waals surface area contributed by atoms with E-state index in [-0.39, 0.29) is 23.7 Å². The normalized spacial score (nSPS) is 13.5. The van der Waals surface area contributed by atoms with Gasteiger partial charge in [0.15, 0.2) is 0 Å². The van der Waals surface area contributed by atoms with Crippen LogP contribution in [0.3, 0.4) is 0 Å². The first kappa shape index (κ1) is 20.2. The van der Waals surface area contributed by atoms with Gasteiger partial charge in [0, 0.05) is 18.8 Å². The molecular formula is C19H28N4O2S. The summed E-state index contributed by atoms with van der Waals surface area (Å²) in [5, 5.41) is 12.1. The van der Waals surface area contributed by atoms with Crippen molar-refractivity contribution in [1.29, 1.82) is 0 Å². The topological polar surface area (TPSA) is 76.0 Å². The summed E-state index contributed by atoms with van der Waals surface area (Å²) in [7, 11) is 0. The molecule has 0 unspecified atom stereocenters. The molecule has 0 saturated carbocycles. The Hall–Kier alpha value is -2.15. The summed E-state index contributed by atoms with van der Waals surface area (Å²) >= 11 is 1.37. The Kier molecular flexibility index (Phi) is 6.97. The van der Waals surface area contributed by atoms with Crippen LogP contribution in [0.1, 0.15) is 41.8 Å². The van der Waals surface area contributed by atoms with E-state index in [4.69, 9.17) is 0 Å². The van der Waals surface area contributed by atoms with E-state index in [1.165, 1.54) is 11.3 Å². The molecule has 142 valence electrons. The Morgan fingerprint density at radius 3 is 2.54 bits per heavy atom. The van der Waals surface area contributed by atoms with Gasteiger partial charge in [-0.1, -0.05) is 26.8 Å². The van der Waals surface area contributed by atoms with Gasteiger partial charge in [0.05, 0.1) is 10.6 Å². The second kappa shape index (κ2) is 8.98. The molecule has 0 spiro atoms. The lowest BCUT2D eigenvalue weighted by Gasteiger charge is -2.22. The van der Waals surface area contributed by atoms with Gasteiger partial charge >= 0.3 is 0 Å². The van der Waals surface area contributed by atoms with Gasteiger partial charge < -0.3 is 10.6 Å². The lowest BCUT2D eigenvalue weighted by Crippen LogP contribution is -2.50. The zero-order chi connectivity index (χ0) is 19.3. The number of aryl methyl sites for hydroxylation is 2. The van der Waals surface area contributed by atoms with Crippen molar-refractivity contribution in [1.82, 2.24) is 20.4 Å². The first-order chi connectivity index (χ1) is 12.3. The third-order valence-electron chi connectivity index (χ3n) is 4.19. The number of nitrogens with one attached hydrogen (secondary N) is 2. The highest BCUT2D eigenvalue weighted by molar-refractivity contribution is 7.12. The minimum Gasteiger partial charge on any atom is -0.354 e. The first-order valence-electron chi connectivity index (χ1n) is 8.91. The minimum atomic E-state index is -0.550. The van der Waals surface area contributed by atoms with Gasteiger partial charge in [0.25, 0.3) is 5.91 Å². The van der Waals surface area contributed by atoms with E-state index < -0.39 is 6.04 Å². The van der Waals surface area contributed by atoms with Crippen molar-refractivity contribution in [2.75, 3.05) is 6.54 Å². The molecule has 0 aromatic carbocycles. The van der Waals surface area contributed by atoms with Gasteiger partial charge in [-0.15, -0.1) is 11.3 Å². The smallest absolute Gasteiger partial charge is 0.262 e. The molecule has 2 amide bonds. The molecule has 0 fully saturated rings. The second-order valence-corrected chi connectivity index (χ2v) is 8.08. The summed E-state index contributed by atoms with van der Waals surface area (Å²) in [5.74, 6) is -0.113. The minimum absolute atomic E-state index is 0.00484. The molecule has 26 heavy (non-hydrogen) atoms. The molecule has 0 aliphatic heterocycles. The monoisotopic (exact) mass is 376 g/mol. The van der Waals surface area contributed by atoms with Crippen LogP contribution >= 0.6 is 11.3 Å². The Morgan fingerprint density at radius 2 is 2.00 bits per heavy atom. The van der Waals surface area contributed by atoms with Crippen LogP contribution in [0.25, 0.3) is 0 Å². The molecule has 0 aliphatic carbocycles. The predicted molar refractivity (Wildman–Crippen MR) is 104 cm³/mol. The van der Waals surface area contributed by atoms with Crippen molar-refractivity contribution in [2.45, 2.75) is 47.2 Å². The molecule has 0 saturated heterocycles. The number of amides is 2. The quantitative estimate of drug-likeness (QED) is 0.744. The zero-order valence-corrected chi connectivity index (χ0v) is 16.9. The van der Waals surface area contributed by atoms with Crippen LogP contribution in [0.15, 0.2) is 23.6 Å². The number of carbonyl (C=O) groups is 2. The van der Waals surface area contributed by atoms with Crippen molar-refractivity contribution in [3.05, 3.63) is 39.8 Å². The van der Waals surface area contributed by atoms with Crippen LogP contribution in [-0.2, 0) is 11.3 Å². The fourth-order valence-electron chi connectivity index (χ4n) is 2.76. The number of rotatable bonds is 8. The highest BCUT2D eigenvalue weighted by Gasteiger charge is 2.25. The Morgan fingerprint density at radius 1 is 1.27 bits per heavy atom. The molecule has 0 bridgehead atoms. The average molecular weight is 377 g/mol. The van der Waals surface area contributed by atoms with Crippen LogP contribution in [0, 0.1) is 25.7 Å². The lowest BCUT2D eigenvalue weighted by molar-refractivity contribution is -0.124.